The molecule has 0 amide bonds. The molecule has 0 bridgehead atoms. The van der Waals surface area contributed by atoms with Crippen LogP contribution in [0.1, 0.15) is 17.1 Å². The fourth-order valence-electron chi connectivity index (χ4n) is 1.67. The highest BCUT2D eigenvalue weighted by Crippen LogP contribution is 2.25. The molecule has 0 saturated carbocycles. The van der Waals surface area contributed by atoms with E-state index in [1.54, 1.807) is 18.4 Å². The first-order valence-electron chi connectivity index (χ1n) is 6.08. The minimum atomic E-state index is 0.480. The van der Waals surface area contributed by atoms with Crippen LogP contribution in [-0.2, 0) is 12.3 Å². The van der Waals surface area contributed by atoms with E-state index in [0.29, 0.717) is 12.5 Å². The number of alkyl halides is 1. The third-order valence-corrected chi connectivity index (χ3v) is 3.83. The van der Waals surface area contributed by atoms with Crippen LogP contribution in [0, 0.1) is 0 Å². The number of ether oxygens (including phenoxy) is 2. The van der Waals surface area contributed by atoms with Crippen LogP contribution >= 0.6 is 22.9 Å². The van der Waals surface area contributed by atoms with E-state index < -0.39 is 0 Å². The molecule has 0 fully saturated rings. The molecule has 0 N–H and O–H groups in total. The third-order valence-electron chi connectivity index (χ3n) is 2.60. The number of thiazole rings is 1. The molecule has 102 valence electrons. The van der Waals surface area contributed by atoms with Gasteiger partial charge in [-0.05, 0) is 18.6 Å². The minimum absolute atomic E-state index is 0.480. The first-order chi connectivity index (χ1) is 9.33. The molecule has 2 rings (SSSR count). The van der Waals surface area contributed by atoms with Gasteiger partial charge in [0.2, 0.25) is 0 Å². The van der Waals surface area contributed by atoms with Crippen molar-refractivity contribution in [3.8, 4) is 11.5 Å². The van der Waals surface area contributed by atoms with E-state index >= 15 is 0 Å². The van der Waals surface area contributed by atoms with Gasteiger partial charge >= 0.3 is 0 Å². The van der Waals surface area contributed by atoms with Crippen LogP contribution in [0.5, 0.6) is 11.5 Å². The number of aromatic nitrogens is 1. The van der Waals surface area contributed by atoms with E-state index in [9.17, 15) is 0 Å². The Morgan fingerprint density at radius 3 is 2.74 bits per heavy atom. The number of methoxy groups -OCH3 is 1. The maximum absolute atomic E-state index is 5.72. The lowest BCUT2D eigenvalue weighted by atomic mass is 10.3. The molecule has 0 aliphatic rings. The molecule has 2 aromatic rings. The summed E-state index contributed by atoms with van der Waals surface area (Å²) in [6.07, 6.45) is 1.84. The quantitative estimate of drug-likeness (QED) is 0.574. The summed E-state index contributed by atoms with van der Waals surface area (Å²) in [5, 5.41) is 3.11. The molecule has 0 aliphatic carbocycles. The fourth-order valence-corrected chi connectivity index (χ4v) is 2.74. The molecule has 1 aromatic carbocycles. The van der Waals surface area contributed by atoms with Gasteiger partial charge < -0.3 is 9.47 Å². The molecule has 0 saturated heterocycles. The molecule has 1 heterocycles. The van der Waals surface area contributed by atoms with Crippen molar-refractivity contribution in [2.45, 2.75) is 18.7 Å². The summed E-state index contributed by atoms with van der Waals surface area (Å²) in [5.74, 6) is 2.03. The van der Waals surface area contributed by atoms with Crippen molar-refractivity contribution < 1.29 is 9.47 Å². The van der Waals surface area contributed by atoms with Crippen molar-refractivity contribution in [2.75, 3.05) is 13.7 Å². The van der Waals surface area contributed by atoms with Gasteiger partial charge in [-0.25, -0.2) is 4.98 Å². The van der Waals surface area contributed by atoms with Gasteiger partial charge in [-0.15, -0.1) is 22.9 Å². The van der Waals surface area contributed by atoms with Crippen LogP contribution in [0.3, 0.4) is 0 Å². The van der Waals surface area contributed by atoms with Crippen LogP contribution in [-0.4, -0.2) is 18.7 Å². The molecule has 5 heteroatoms. The molecule has 3 nitrogen and oxygen atoms in total. The predicted octanol–water partition coefficient (Wildman–Crippen LogP) is 3.90. The van der Waals surface area contributed by atoms with Crippen molar-refractivity contribution in [3.63, 3.8) is 0 Å². The minimum Gasteiger partial charge on any atom is -0.493 e. The average molecular weight is 298 g/mol. The number of benzene rings is 1. The summed E-state index contributed by atoms with van der Waals surface area (Å²) in [6, 6.07) is 7.66. The molecular weight excluding hydrogens is 282 g/mol. The Balaban J connectivity index is 1.77. The van der Waals surface area contributed by atoms with E-state index in [0.717, 1.165) is 35.0 Å². The van der Waals surface area contributed by atoms with Crippen molar-refractivity contribution in [2.24, 2.45) is 0 Å². The topological polar surface area (TPSA) is 31.4 Å². The predicted molar refractivity (Wildman–Crippen MR) is 78.5 cm³/mol. The second kappa shape index (κ2) is 7.36. The zero-order valence-corrected chi connectivity index (χ0v) is 12.3. The molecule has 0 aliphatic heterocycles. The lowest BCUT2D eigenvalue weighted by molar-refractivity contribution is 0.289. The molecule has 0 unspecified atom stereocenters. The maximum Gasteiger partial charge on any atom is 0.161 e. The normalized spacial score (nSPS) is 10.4. The third kappa shape index (κ3) is 4.11. The van der Waals surface area contributed by atoms with Gasteiger partial charge in [0.1, 0.15) is 0 Å². The lowest BCUT2D eigenvalue weighted by Crippen LogP contribution is -2.00. The van der Waals surface area contributed by atoms with Crippen molar-refractivity contribution in [1.29, 1.82) is 0 Å². The van der Waals surface area contributed by atoms with Crippen LogP contribution in [0.15, 0.2) is 29.6 Å². The summed E-state index contributed by atoms with van der Waals surface area (Å²) in [7, 11) is 1.64. The number of rotatable bonds is 7. The van der Waals surface area contributed by atoms with Crippen LogP contribution in [0.2, 0.25) is 0 Å². The molecule has 0 radical (unpaired) electrons. The van der Waals surface area contributed by atoms with Crippen LogP contribution < -0.4 is 9.47 Å². The highest BCUT2D eigenvalue weighted by molar-refractivity contribution is 7.09. The Hall–Kier alpha value is -1.26. The number of halogens is 1. The van der Waals surface area contributed by atoms with Gasteiger partial charge in [0.15, 0.2) is 11.5 Å². The standard InChI is InChI=1S/C14H16ClNO2S/c1-17-12-5-2-3-6-13(12)18-8-4-7-14-16-11(9-15)10-19-14/h2-3,5-6,10H,4,7-9H2,1H3. The van der Waals surface area contributed by atoms with Gasteiger partial charge in [-0.1, -0.05) is 12.1 Å². The Kier molecular flexibility index (Phi) is 5.48. The number of hydrogen-bond donors (Lipinski definition) is 0. The van der Waals surface area contributed by atoms with E-state index in [-0.39, 0.29) is 0 Å². The Morgan fingerprint density at radius 2 is 2.05 bits per heavy atom. The summed E-state index contributed by atoms with van der Waals surface area (Å²) in [5.41, 5.74) is 0.951. The lowest BCUT2D eigenvalue weighted by Gasteiger charge is -2.09. The Bertz CT molecular complexity index is 516. The van der Waals surface area contributed by atoms with Crippen molar-refractivity contribution in [3.05, 3.63) is 40.3 Å². The van der Waals surface area contributed by atoms with Crippen molar-refractivity contribution in [1.82, 2.24) is 4.98 Å². The first-order valence-corrected chi connectivity index (χ1v) is 7.50. The van der Waals surface area contributed by atoms with Gasteiger partial charge in [0, 0.05) is 11.8 Å². The number of para-hydroxylation sites is 2. The highest BCUT2D eigenvalue weighted by Gasteiger charge is 2.04. The van der Waals surface area contributed by atoms with E-state index in [1.807, 2.05) is 29.6 Å². The van der Waals surface area contributed by atoms with Crippen molar-refractivity contribution >= 4 is 22.9 Å². The second-order valence-corrected chi connectivity index (χ2v) is 5.18. The molecule has 0 atom stereocenters. The SMILES string of the molecule is COc1ccccc1OCCCc1nc(CCl)cs1. The largest absolute Gasteiger partial charge is 0.493 e. The summed E-state index contributed by atoms with van der Waals surface area (Å²) in [4.78, 5) is 4.41. The monoisotopic (exact) mass is 297 g/mol. The van der Waals surface area contributed by atoms with E-state index in [2.05, 4.69) is 4.98 Å². The maximum atomic E-state index is 5.72. The van der Waals surface area contributed by atoms with E-state index in [4.69, 9.17) is 21.1 Å². The van der Waals surface area contributed by atoms with Crippen LogP contribution in [0.25, 0.3) is 0 Å². The fraction of sp³-hybridized carbons (Fsp3) is 0.357. The summed E-state index contributed by atoms with van der Waals surface area (Å²) in [6.45, 7) is 0.649. The Labute approximate surface area is 122 Å². The number of nitrogens with zero attached hydrogens (tertiary/aromatic N) is 1. The number of hydrogen-bond acceptors (Lipinski definition) is 4. The average Bonchev–Trinajstić information content (AvgIpc) is 2.92. The highest BCUT2D eigenvalue weighted by atomic mass is 35.5. The summed E-state index contributed by atoms with van der Waals surface area (Å²) < 4.78 is 10.9. The summed E-state index contributed by atoms with van der Waals surface area (Å²) >= 11 is 7.37. The van der Waals surface area contributed by atoms with Gasteiger partial charge in [-0.3, -0.25) is 0 Å². The molecule has 19 heavy (non-hydrogen) atoms. The van der Waals surface area contributed by atoms with E-state index in [1.165, 1.54) is 0 Å². The Morgan fingerprint density at radius 1 is 1.26 bits per heavy atom. The first kappa shape index (κ1) is 14.2. The molecular formula is C14H16ClNO2S. The van der Waals surface area contributed by atoms with Crippen LogP contribution in [0.4, 0.5) is 0 Å². The molecule has 1 aromatic heterocycles. The van der Waals surface area contributed by atoms with Gasteiger partial charge in [0.05, 0.1) is 30.3 Å². The smallest absolute Gasteiger partial charge is 0.161 e. The van der Waals surface area contributed by atoms with Gasteiger partial charge in [-0.2, -0.15) is 0 Å². The second-order valence-electron chi connectivity index (χ2n) is 3.97. The molecule has 0 spiro atoms. The van der Waals surface area contributed by atoms with Gasteiger partial charge in [0.25, 0.3) is 0 Å². The zero-order chi connectivity index (χ0) is 13.5. The zero-order valence-electron chi connectivity index (χ0n) is 10.8. The number of aryl methyl sites for hydroxylation is 1.